The van der Waals surface area contributed by atoms with Gasteiger partial charge in [-0.2, -0.15) is 5.10 Å². The Bertz CT molecular complexity index is 514. The van der Waals surface area contributed by atoms with Crippen molar-refractivity contribution in [1.82, 2.24) is 14.7 Å². The van der Waals surface area contributed by atoms with Gasteiger partial charge in [-0.25, -0.2) is 0 Å². The molecule has 1 saturated heterocycles. The summed E-state index contributed by atoms with van der Waals surface area (Å²) < 4.78 is 7.16. The van der Waals surface area contributed by atoms with Gasteiger partial charge in [-0.3, -0.25) is 9.48 Å². The Morgan fingerprint density at radius 2 is 2.05 bits per heavy atom. The number of aromatic nitrogens is 2. The first-order valence-electron chi connectivity index (χ1n) is 8.28. The van der Waals surface area contributed by atoms with Gasteiger partial charge in [-0.15, -0.1) is 0 Å². The van der Waals surface area contributed by atoms with Crippen molar-refractivity contribution >= 4 is 5.91 Å². The van der Waals surface area contributed by atoms with Gasteiger partial charge in [-0.05, 0) is 32.3 Å². The third-order valence-corrected chi connectivity index (χ3v) is 4.77. The fourth-order valence-electron chi connectivity index (χ4n) is 3.28. The van der Waals surface area contributed by atoms with Gasteiger partial charge in [0.05, 0.1) is 6.04 Å². The van der Waals surface area contributed by atoms with Crippen molar-refractivity contribution < 1.29 is 9.53 Å². The Labute approximate surface area is 133 Å². The maximum Gasteiger partial charge on any atom is 0.274 e. The fourth-order valence-corrected chi connectivity index (χ4v) is 3.28. The maximum atomic E-state index is 12.6. The van der Waals surface area contributed by atoms with E-state index in [-0.39, 0.29) is 11.3 Å². The van der Waals surface area contributed by atoms with Gasteiger partial charge in [0.25, 0.3) is 5.91 Å². The van der Waals surface area contributed by atoms with Crippen molar-refractivity contribution in [3.8, 4) is 0 Å². The molecule has 0 saturated carbocycles. The summed E-state index contributed by atoms with van der Waals surface area (Å²) in [5.74, 6) is 0.0581. The molecule has 0 aliphatic carbocycles. The monoisotopic (exact) mass is 307 g/mol. The van der Waals surface area contributed by atoms with Crippen LogP contribution in [0.15, 0.2) is 6.07 Å². The lowest BCUT2D eigenvalue weighted by Crippen LogP contribution is -2.57. The summed E-state index contributed by atoms with van der Waals surface area (Å²) in [6.07, 6.45) is 3.06. The maximum absolute atomic E-state index is 12.6. The molecule has 2 heterocycles. The average molecular weight is 307 g/mol. The van der Waals surface area contributed by atoms with Crippen LogP contribution in [-0.2, 0) is 4.74 Å². The number of likely N-dealkylation sites (tertiary alicyclic amines) is 1. The highest BCUT2D eigenvalue weighted by Crippen LogP contribution is 2.34. The molecule has 22 heavy (non-hydrogen) atoms. The SMILES string of the molecule is CCC(CC)n1nc(C(=O)N2CC(C)(CCOC)C2)cc1C. The van der Waals surface area contributed by atoms with E-state index in [1.807, 2.05) is 22.6 Å². The highest BCUT2D eigenvalue weighted by molar-refractivity contribution is 5.93. The molecule has 5 nitrogen and oxygen atoms in total. The van der Waals surface area contributed by atoms with Crippen molar-refractivity contribution in [2.24, 2.45) is 5.41 Å². The molecule has 1 aromatic heterocycles. The summed E-state index contributed by atoms with van der Waals surface area (Å²) >= 11 is 0. The van der Waals surface area contributed by atoms with Crippen LogP contribution in [0.1, 0.15) is 62.3 Å². The Morgan fingerprint density at radius 3 is 2.59 bits per heavy atom. The molecule has 0 spiro atoms. The van der Waals surface area contributed by atoms with Crippen LogP contribution < -0.4 is 0 Å². The van der Waals surface area contributed by atoms with E-state index in [9.17, 15) is 4.79 Å². The molecule has 5 heteroatoms. The Morgan fingerprint density at radius 1 is 1.41 bits per heavy atom. The lowest BCUT2D eigenvalue weighted by atomic mass is 9.79. The minimum Gasteiger partial charge on any atom is -0.385 e. The summed E-state index contributed by atoms with van der Waals surface area (Å²) in [4.78, 5) is 14.5. The number of nitrogens with zero attached hydrogens (tertiary/aromatic N) is 3. The summed E-state index contributed by atoms with van der Waals surface area (Å²) in [6, 6.07) is 2.30. The number of ether oxygens (including phenoxy) is 1. The summed E-state index contributed by atoms with van der Waals surface area (Å²) in [6.45, 7) is 10.9. The smallest absolute Gasteiger partial charge is 0.274 e. The van der Waals surface area contributed by atoms with Crippen LogP contribution in [0.5, 0.6) is 0 Å². The predicted molar refractivity (Wildman–Crippen MR) is 87.1 cm³/mol. The fraction of sp³-hybridized carbons (Fsp3) is 0.765. The van der Waals surface area contributed by atoms with E-state index in [4.69, 9.17) is 4.74 Å². The molecule has 1 aromatic rings. The quantitative estimate of drug-likeness (QED) is 0.778. The molecule has 0 N–H and O–H groups in total. The minimum atomic E-state index is 0.0581. The van der Waals surface area contributed by atoms with Crippen LogP contribution in [0.3, 0.4) is 0 Å². The van der Waals surface area contributed by atoms with Gasteiger partial charge in [0, 0.05) is 37.9 Å². The molecule has 124 valence electrons. The molecule has 0 bridgehead atoms. The van der Waals surface area contributed by atoms with Gasteiger partial charge < -0.3 is 9.64 Å². The van der Waals surface area contributed by atoms with E-state index in [2.05, 4.69) is 25.9 Å². The van der Waals surface area contributed by atoms with E-state index in [0.29, 0.717) is 11.7 Å². The molecule has 0 atom stereocenters. The molecular formula is C17H29N3O2. The van der Waals surface area contributed by atoms with Crippen molar-refractivity contribution in [2.45, 2.75) is 53.0 Å². The average Bonchev–Trinajstić information content (AvgIpc) is 2.85. The zero-order chi connectivity index (χ0) is 16.3. The zero-order valence-electron chi connectivity index (χ0n) is 14.6. The van der Waals surface area contributed by atoms with Crippen LogP contribution in [0, 0.1) is 12.3 Å². The minimum absolute atomic E-state index is 0.0581. The highest BCUT2D eigenvalue weighted by atomic mass is 16.5. The number of hydrogen-bond donors (Lipinski definition) is 0. The second-order valence-electron chi connectivity index (χ2n) is 6.80. The van der Waals surface area contributed by atoms with Gasteiger partial charge in [-0.1, -0.05) is 20.8 Å². The second kappa shape index (κ2) is 6.82. The first kappa shape index (κ1) is 17.0. The Kier molecular flexibility index (Phi) is 5.27. The molecule has 2 rings (SSSR count). The molecule has 0 radical (unpaired) electrons. The summed E-state index contributed by atoms with van der Waals surface area (Å²) in [7, 11) is 1.72. The summed E-state index contributed by atoms with van der Waals surface area (Å²) in [5, 5.41) is 4.57. The van der Waals surface area contributed by atoms with E-state index in [0.717, 1.165) is 44.7 Å². The first-order chi connectivity index (χ1) is 10.4. The number of carbonyl (C=O) groups is 1. The van der Waals surface area contributed by atoms with Crippen LogP contribution in [0.25, 0.3) is 0 Å². The largest absolute Gasteiger partial charge is 0.385 e. The molecular weight excluding hydrogens is 278 g/mol. The zero-order valence-corrected chi connectivity index (χ0v) is 14.6. The van der Waals surface area contributed by atoms with Crippen LogP contribution >= 0.6 is 0 Å². The highest BCUT2D eigenvalue weighted by Gasteiger charge is 2.41. The first-order valence-corrected chi connectivity index (χ1v) is 8.28. The lowest BCUT2D eigenvalue weighted by Gasteiger charge is -2.47. The molecule has 1 fully saturated rings. The lowest BCUT2D eigenvalue weighted by molar-refractivity contribution is -0.00139. The number of hydrogen-bond acceptors (Lipinski definition) is 3. The Balaban J connectivity index is 2.02. The molecule has 0 aromatic carbocycles. The van der Waals surface area contributed by atoms with Gasteiger partial charge in [0.2, 0.25) is 0 Å². The Hall–Kier alpha value is -1.36. The van der Waals surface area contributed by atoms with Gasteiger partial charge in [0.1, 0.15) is 0 Å². The van der Waals surface area contributed by atoms with Gasteiger partial charge >= 0.3 is 0 Å². The van der Waals surface area contributed by atoms with Gasteiger partial charge in [0.15, 0.2) is 5.69 Å². The van der Waals surface area contributed by atoms with Crippen molar-refractivity contribution in [1.29, 1.82) is 0 Å². The second-order valence-corrected chi connectivity index (χ2v) is 6.80. The number of methoxy groups -OCH3 is 1. The molecule has 0 unspecified atom stereocenters. The van der Waals surface area contributed by atoms with Crippen LogP contribution in [0.2, 0.25) is 0 Å². The number of amides is 1. The molecule has 1 aliphatic heterocycles. The predicted octanol–water partition coefficient (Wildman–Crippen LogP) is 3.05. The standard InChI is InChI=1S/C17H29N3O2/c1-6-14(7-2)20-13(3)10-15(18-20)16(21)19-11-17(4,12-19)8-9-22-5/h10,14H,6-9,11-12H2,1-5H3. The van der Waals surface area contributed by atoms with E-state index < -0.39 is 0 Å². The molecule has 1 amide bonds. The number of carbonyl (C=O) groups excluding carboxylic acids is 1. The van der Waals surface area contributed by atoms with Crippen LogP contribution in [0.4, 0.5) is 0 Å². The van der Waals surface area contributed by atoms with Crippen molar-refractivity contribution in [3.05, 3.63) is 17.5 Å². The van der Waals surface area contributed by atoms with E-state index in [1.165, 1.54) is 0 Å². The van der Waals surface area contributed by atoms with E-state index >= 15 is 0 Å². The summed E-state index contributed by atoms with van der Waals surface area (Å²) in [5.41, 5.74) is 1.84. The normalized spacial score (nSPS) is 16.9. The van der Waals surface area contributed by atoms with E-state index in [1.54, 1.807) is 7.11 Å². The number of aryl methyl sites for hydroxylation is 1. The van der Waals surface area contributed by atoms with Crippen LogP contribution in [-0.4, -0.2) is 47.4 Å². The topological polar surface area (TPSA) is 47.4 Å². The van der Waals surface area contributed by atoms with Crippen molar-refractivity contribution in [3.63, 3.8) is 0 Å². The number of rotatable bonds is 7. The third-order valence-electron chi connectivity index (χ3n) is 4.77. The third kappa shape index (κ3) is 3.35. The molecule has 1 aliphatic rings. The van der Waals surface area contributed by atoms with Crippen molar-refractivity contribution in [2.75, 3.05) is 26.8 Å².